The Morgan fingerprint density at radius 3 is 2.90 bits per heavy atom. The summed E-state index contributed by atoms with van der Waals surface area (Å²) in [6.07, 6.45) is 6.68. The van der Waals surface area contributed by atoms with Crippen LogP contribution in [0, 0.1) is 11.8 Å². The number of amides is 2. The van der Waals surface area contributed by atoms with E-state index >= 15 is 0 Å². The summed E-state index contributed by atoms with van der Waals surface area (Å²) >= 11 is 0. The molecule has 0 unspecified atom stereocenters. The van der Waals surface area contributed by atoms with Gasteiger partial charge in [-0.2, -0.15) is 0 Å². The summed E-state index contributed by atoms with van der Waals surface area (Å²) in [6, 6.07) is 3.60. The minimum absolute atomic E-state index is 0.0508. The maximum atomic E-state index is 12.8. The summed E-state index contributed by atoms with van der Waals surface area (Å²) in [5.74, 6) is 0.378. The molecule has 3 aliphatic heterocycles. The van der Waals surface area contributed by atoms with Gasteiger partial charge in [0.1, 0.15) is 0 Å². The highest BCUT2D eigenvalue weighted by Crippen LogP contribution is 2.41. The predicted octanol–water partition coefficient (Wildman–Crippen LogP) is 0.686. The average molecular weight is 400 g/mol. The molecule has 4 rings (SSSR count). The third-order valence-electron chi connectivity index (χ3n) is 6.55. The summed E-state index contributed by atoms with van der Waals surface area (Å²) in [5.41, 5.74) is 0.513. The van der Waals surface area contributed by atoms with Gasteiger partial charge in [0.2, 0.25) is 5.91 Å². The van der Waals surface area contributed by atoms with Crippen LogP contribution < -0.4 is 5.32 Å². The number of carbonyl (C=O) groups excluding carboxylic acids is 3. The second-order valence-corrected chi connectivity index (χ2v) is 8.31. The van der Waals surface area contributed by atoms with Gasteiger partial charge in [-0.05, 0) is 43.2 Å². The van der Waals surface area contributed by atoms with Crippen molar-refractivity contribution in [2.45, 2.75) is 37.8 Å². The Morgan fingerprint density at radius 2 is 2.14 bits per heavy atom. The largest absolute Gasteiger partial charge is 0.468 e. The Balaban J connectivity index is 1.50. The molecular formula is C21H28N4O4. The Kier molecular flexibility index (Phi) is 5.80. The van der Waals surface area contributed by atoms with Gasteiger partial charge in [-0.1, -0.05) is 0 Å². The quantitative estimate of drug-likeness (QED) is 0.731. The maximum Gasteiger partial charge on any atom is 0.319 e. The fraction of sp³-hybridized carbons (Fsp3) is 0.619. The van der Waals surface area contributed by atoms with Gasteiger partial charge in [0, 0.05) is 44.5 Å². The molecule has 3 saturated heterocycles. The smallest absolute Gasteiger partial charge is 0.319 e. The molecule has 2 amide bonds. The number of methoxy groups -OCH3 is 1. The highest BCUT2D eigenvalue weighted by Gasteiger charge is 2.49. The lowest BCUT2D eigenvalue weighted by atomic mass is 9.72. The second-order valence-electron chi connectivity index (χ2n) is 8.31. The van der Waals surface area contributed by atoms with Gasteiger partial charge in [0.25, 0.3) is 5.91 Å². The van der Waals surface area contributed by atoms with Crippen LogP contribution in [0.5, 0.6) is 0 Å². The van der Waals surface area contributed by atoms with E-state index in [1.165, 1.54) is 7.11 Å². The van der Waals surface area contributed by atoms with Crippen molar-refractivity contribution in [2.75, 3.05) is 33.3 Å². The molecule has 156 valence electrons. The molecule has 4 atom stereocenters. The lowest BCUT2D eigenvalue weighted by Gasteiger charge is -2.56. The number of piperidine rings is 3. The highest BCUT2D eigenvalue weighted by atomic mass is 16.5. The lowest BCUT2D eigenvalue weighted by molar-refractivity contribution is -0.155. The van der Waals surface area contributed by atoms with Crippen molar-refractivity contribution < 1.29 is 19.1 Å². The minimum atomic E-state index is -0.233. The third-order valence-corrected chi connectivity index (χ3v) is 6.55. The number of hydrogen-bond donors (Lipinski definition) is 1. The number of fused-ring (bicyclic) bond motifs is 4. The van der Waals surface area contributed by atoms with Crippen molar-refractivity contribution in [2.24, 2.45) is 11.8 Å². The third kappa shape index (κ3) is 4.12. The number of carbonyl (C=O) groups is 3. The number of aromatic nitrogens is 1. The Bertz CT molecular complexity index is 771. The molecule has 4 heterocycles. The van der Waals surface area contributed by atoms with E-state index in [2.05, 4.69) is 20.1 Å². The molecule has 0 saturated carbocycles. The first-order valence-corrected chi connectivity index (χ1v) is 10.4. The van der Waals surface area contributed by atoms with E-state index in [0.717, 1.165) is 32.4 Å². The Morgan fingerprint density at radius 1 is 1.31 bits per heavy atom. The van der Waals surface area contributed by atoms with Crippen molar-refractivity contribution in [3.8, 4) is 0 Å². The molecule has 3 aliphatic rings. The summed E-state index contributed by atoms with van der Waals surface area (Å²) in [4.78, 5) is 45.3. The molecule has 3 fully saturated rings. The number of hydrogen-bond acceptors (Lipinski definition) is 6. The Labute approximate surface area is 170 Å². The zero-order valence-corrected chi connectivity index (χ0v) is 16.8. The number of rotatable bonds is 5. The molecule has 0 radical (unpaired) electrons. The van der Waals surface area contributed by atoms with E-state index in [1.807, 2.05) is 0 Å². The fourth-order valence-corrected chi connectivity index (χ4v) is 5.31. The average Bonchev–Trinajstić information content (AvgIpc) is 2.74. The van der Waals surface area contributed by atoms with Crippen LogP contribution in [0.3, 0.4) is 0 Å². The van der Waals surface area contributed by atoms with E-state index < -0.39 is 0 Å². The Hall–Kier alpha value is -2.48. The first kappa shape index (κ1) is 19.8. The van der Waals surface area contributed by atoms with Crippen LogP contribution in [0.25, 0.3) is 0 Å². The van der Waals surface area contributed by atoms with Crippen LogP contribution in [0.2, 0.25) is 0 Å². The topological polar surface area (TPSA) is 91.8 Å². The van der Waals surface area contributed by atoms with Crippen LogP contribution in [0.15, 0.2) is 24.5 Å². The molecule has 29 heavy (non-hydrogen) atoms. The molecule has 2 bridgehead atoms. The summed E-state index contributed by atoms with van der Waals surface area (Å²) in [6.45, 7) is 2.24. The van der Waals surface area contributed by atoms with E-state index in [0.29, 0.717) is 24.4 Å². The molecule has 1 N–H and O–H groups in total. The normalized spacial score (nSPS) is 29.1. The van der Waals surface area contributed by atoms with Gasteiger partial charge in [0.05, 0.1) is 25.3 Å². The number of esters is 1. The first-order valence-electron chi connectivity index (χ1n) is 10.4. The van der Waals surface area contributed by atoms with E-state index in [-0.39, 0.29) is 42.3 Å². The van der Waals surface area contributed by atoms with Gasteiger partial charge in [-0.25, -0.2) is 0 Å². The van der Waals surface area contributed by atoms with Gasteiger partial charge >= 0.3 is 5.97 Å². The molecular weight excluding hydrogens is 372 g/mol. The van der Waals surface area contributed by atoms with E-state index in [9.17, 15) is 14.4 Å². The van der Waals surface area contributed by atoms with Gasteiger partial charge in [-0.15, -0.1) is 0 Å². The van der Waals surface area contributed by atoms with Crippen molar-refractivity contribution in [1.82, 2.24) is 20.1 Å². The van der Waals surface area contributed by atoms with Crippen molar-refractivity contribution in [3.05, 3.63) is 30.1 Å². The number of nitrogens with zero attached hydrogens (tertiary/aromatic N) is 3. The fourth-order valence-electron chi connectivity index (χ4n) is 5.31. The number of ether oxygens (including phenoxy) is 1. The highest BCUT2D eigenvalue weighted by molar-refractivity contribution is 5.93. The molecule has 8 nitrogen and oxygen atoms in total. The predicted molar refractivity (Wildman–Crippen MR) is 105 cm³/mol. The van der Waals surface area contributed by atoms with Crippen molar-refractivity contribution >= 4 is 17.8 Å². The zero-order chi connectivity index (χ0) is 20.4. The lowest BCUT2D eigenvalue weighted by Crippen LogP contribution is -2.67. The molecule has 1 aromatic rings. The van der Waals surface area contributed by atoms with Crippen LogP contribution >= 0.6 is 0 Å². The van der Waals surface area contributed by atoms with Crippen LogP contribution in [-0.4, -0.2) is 77.9 Å². The summed E-state index contributed by atoms with van der Waals surface area (Å²) in [5, 5.41) is 3.01. The molecule has 1 aromatic heterocycles. The molecule has 0 aliphatic carbocycles. The SMILES string of the molecule is COC(=O)CN1C[C@H]2C[C@@H](C1)[C@H](CNC(=O)c1cccnc1)N1C(=O)CCC[C@@H]21. The van der Waals surface area contributed by atoms with Gasteiger partial charge in [-0.3, -0.25) is 24.3 Å². The molecule has 0 spiro atoms. The number of nitrogens with one attached hydrogen (secondary N) is 1. The first-order chi connectivity index (χ1) is 14.1. The monoisotopic (exact) mass is 400 g/mol. The van der Waals surface area contributed by atoms with Crippen LogP contribution in [-0.2, 0) is 14.3 Å². The standard InChI is InChI=1S/C21H28N4O4/c1-29-20(27)13-24-11-15-8-16(12-24)18(25-17(15)5-2-6-19(25)26)10-23-21(28)14-4-3-7-22-9-14/h3-4,7,9,15-18H,2,5-6,8,10-13H2,1H3,(H,23,28)/t15-,16+,17+,18+/m1/s1. The van der Waals surface area contributed by atoms with E-state index in [1.54, 1.807) is 24.5 Å². The molecule has 8 heteroatoms. The van der Waals surface area contributed by atoms with Crippen molar-refractivity contribution in [1.29, 1.82) is 0 Å². The number of likely N-dealkylation sites (tertiary alicyclic amines) is 1. The van der Waals surface area contributed by atoms with Crippen LogP contribution in [0.1, 0.15) is 36.0 Å². The second kappa shape index (κ2) is 8.49. The van der Waals surface area contributed by atoms with Gasteiger partial charge < -0.3 is 15.0 Å². The summed E-state index contributed by atoms with van der Waals surface area (Å²) in [7, 11) is 1.41. The van der Waals surface area contributed by atoms with Crippen LogP contribution in [0.4, 0.5) is 0 Å². The van der Waals surface area contributed by atoms with Gasteiger partial charge in [0.15, 0.2) is 0 Å². The summed E-state index contributed by atoms with van der Waals surface area (Å²) < 4.78 is 4.85. The minimum Gasteiger partial charge on any atom is -0.468 e. The van der Waals surface area contributed by atoms with Crippen molar-refractivity contribution in [3.63, 3.8) is 0 Å². The molecule has 0 aromatic carbocycles. The maximum absolute atomic E-state index is 12.8. The number of pyridine rings is 1. The zero-order valence-electron chi connectivity index (χ0n) is 16.8. The van der Waals surface area contributed by atoms with E-state index in [4.69, 9.17) is 4.74 Å².